The number of aryl methyl sites for hydroxylation is 1. The molecule has 40 heavy (non-hydrogen) atoms. The van der Waals surface area contributed by atoms with Crippen molar-refractivity contribution in [1.82, 2.24) is 14.9 Å². The average molecular weight is 574 g/mol. The molecular formula is C29H40FN3O6Si. The van der Waals surface area contributed by atoms with Gasteiger partial charge < -0.3 is 29.2 Å². The van der Waals surface area contributed by atoms with E-state index in [9.17, 15) is 14.7 Å². The molecule has 0 bridgehead atoms. The number of pyridine rings is 1. The van der Waals surface area contributed by atoms with Gasteiger partial charge in [0.2, 0.25) is 0 Å². The number of amides is 1. The van der Waals surface area contributed by atoms with Crippen molar-refractivity contribution in [3.05, 3.63) is 53.6 Å². The smallest absolute Gasteiger partial charge is 0.407 e. The summed E-state index contributed by atoms with van der Waals surface area (Å²) < 4.78 is 34.0. The molecule has 0 spiro atoms. The quantitative estimate of drug-likeness (QED) is 0.192. The number of fused-ring (bicyclic) bond motifs is 1. The lowest BCUT2D eigenvalue weighted by atomic mass is 9.99. The highest BCUT2D eigenvalue weighted by atomic mass is 28.3. The fourth-order valence-corrected chi connectivity index (χ4v) is 4.79. The minimum absolute atomic E-state index is 0.00791. The SMILES string of the molecule is Cc1cn(COCC[Si](C)(C)C)c2nccc(Oc3ccc(CC(CNC(=O)OC(C)(C)C)C(=O)O)cc3F)c12. The lowest BCUT2D eigenvalue weighted by Crippen LogP contribution is -2.37. The Kier molecular flexibility index (Phi) is 9.96. The van der Waals surface area contributed by atoms with Crippen molar-refractivity contribution in [3.63, 3.8) is 0 Å². The van der Waals surface area contributed by atoms with Crippen LogP contribution in [-0.4, -0.2) is 53.5 Å². The van der Waals surface area contributed by atoms with Crippen molar-refractivity contribution in [3.8, 4) is 11.5 Å². The zero-order valence-corrected chi connectivity index (χ0v) is 25.3. The van der Waals surface area contributed by atoms with Crippen molar-refractivity contribution in [2.45, 2.75) is 72.1 Å². The van der Waals surface area contributed by atoms with Gasteiger partial charge in [-0.2, -0.15) is 0 Å². The first kappa shape index (κ1) is 31.1. The van der Waals surface area contributed by atoms with Gasteiger partial charge >= 0.3 is 12.1 Å². The highest BCUT2D eigenvalue weighted by molar-refractivity contribution is 6.76. The van der Waals surface area contributed by atoms with Crippen molar-refractivity contribution >= 4 is 31.2 Å². The molecule has 11 heteroatoms. The number of carboxylic acid groups (broad SMARTS) is 1. The van der Waals surface area contributed by atoms with E-state index in [0.29, 0.717) is 30.3 Å². The number of hydrogen-bond acceptors (Lipinski definition) is 6. The predicted octanol–water partition coefficient (Wildman–Crippen LogP) is 6.36. The molecule has 0 radical (unpaired) electrons. The minimum Gasteiger partial charge on any atom is -0.481 e. The van der Waals surface area contributed by atoms with Crippen molar-refractivity contribution in [2.75, 3.05) is 13.2 Å². The summed E-state index contributed by atoms with van der Waals surface area (Å²) >= 11 is 0. The Bertz CT molecular complexity index is 1350. The molecule has 1 aromatic carbocycles. The first-order valence-corrected chi connectivity index (χ1v) is 17.0. The molecule has 0 saturated carbocycles. The van der Waals surface area contributed by atoms with Gasteiger partial charge in [0.15, 0.2) is 11.6 Å². The van der Waals surface area contributed by atoms with Gasteiger partial charge in [-0.15, -0.1) is 0 Å². The molecule has 0 fully saturated rings. The number of hydrogen-bond donors (Lipinski definition) is 2. The van der Waals surface area contributed by atoms with Gasteiger partial charge in [-0.3, -0.25) is 4.79 Å². The summed E-state index contributed by atoms with van der Waals surface area (Å²) in [6.45, 7) is 14.9. The number of benzene rings is 1. The zero-order valence-electron chi connectivity index (χ0n) is 24.3. The zero-order chi connectivity index (χ0) is 29.7. The minimum atomic E-state index is -1.19. The van der Waals surface area contributed by atoms with Gasteiger partial charge in [-0.1, -0.05) is 25.7 Å². The summed E-state index contributed by atoms with van der Waals surface area (Å²) in [4.78, 5) is 28.2. The number of aromatic nitrogens is 2. The third kappa shape index (κ3) is 9.05. The molecule has 3 aromatic rings. The lowest BCUT2D eigenvalue weighted by molar-refractivity contribution is -0.141. The van der Waals surface area contributed by atoms with Gasteiger partial charge in [-0.25, -0.2) is 14.2 Å². The van der Waals surface area contributed by atoms with E-state index >= 15 is 4.39 Å². The maximum atomic E-state index is 15.1. The molecule has 3 rings (SSSR count). The fourth-order valence-electron chi connectivity index (χ4n) is 4.03. The molecule has 218 valence electrons. The van der Waals surface area contributed by atoms with Crippen LogP contribution in [0.2, 0.25) is 25.7 Å². The van der Waals surface area contributed by atoms with Crippen LogP contribution in [0, 0.1) is 18.7 Å². The Morgan fingerprint density at radius 1 is 1.18 bits per heavy atom. The predicted molar refractivity (Wildman–Crippen MR) is 154 cm³/mol. The second-order valence-corrected chi connectivity index (χ2v) is 17.7. The molecule has 2 N–H and O–H groups in total. The summed E-state index contributed by atoms with van der Waals surface area (Å²) in [5, 5.41) is 12.8. The topological polar surface area (TPSA) is 112 Å². The largest absolute Gasteiger partial charge is 0.481 e. The van der Waals surface area contributed by atoms with Gasteiger partial charge in [-0.05, 0) is 69.5 Å². The first-order valence-electron chi connectivity index (χ1n) is 13.3. The highest BCUT2D eigenvalue weighted by Gasteiger charge is 2.23. The van der Waals surface area contributed by atoms with Crippen LogP contribution in [0.5, 0.6) is 11.5 Å². The molecule has 2 heterocycles. The number of carbonyl (C=O) groups is 2. The number of carbonyl (C=O) groups excluding carboxylic acids is 1. The highest BCUT2D eigenvalue weighted by Crippen LogP contribution is 2.34. The normalized spacial score (nSPS) is 12.8. The Hall–Kier alpha value is -3.44. The Morgan fingerprint density at radius 3 is 2.52 bits per heavy atom. The monoisotopic (exact) mass is 573 g/mol. The summed E-state index contributed by atoms with van der Waals surface area (Å²) in [5.74, 6) is -2.23. The van der Waals surface area contributed by atoms with Gasteiger partial charge in [0.05, 0.1) is 11.3 Å². The molecule has 0 aliphatic heterocycles. The van der Waals surface area contributed by atoms with E-state index in [4.69, 9.17) is 14.2 Å². The van der Waals surface area contributed by atoms with Crippen LogP contribution in [0.4, 0.5) is 9.18 Å². The van der Waals surface area contributed by atoms with Crippen molar-refractivity contribution < 1.29 is 33.3 Å². The third-order valence-corrected chi connectivity index (χ3v) is 7.78. The average Bonchev–Trinajstić information content (AvgIpc) is 3.15. The summed E-state index contributed by atoms with van der Waals surface area (Å²) in [6.07, 6.45) is 2.86. The molecule has 1 atom stereocenters. The van der Waals surface area contributed by atoms with Crippen LogP contribution in [0.3, 0.4) is 0 Å². The number of ether oxygens (including phenoxy) is 3. The van der Waals surface area contributed by atoms with E-state index < -0.39 is 37.5 Å². The second-order valence-electron chi connectivity index (χ2n) is 12.1. The molecule has 2 aromatic heterocycles. The standard InChI is InChI=1S/C29H40FN3O6Si/c1-19-17-33(18-37-12-13-40(5,6)7)26-25(19)24(10-11-31-26)38-23-9-8-20(15-22(23)30)14-21(27(34)35)16-32-28(36)39-29(2,3)4/h8-11,15,17,21H,12-14,16,18H2,1-7H3,(H,32,36)(H,34,35). The lowest BCUT2D eigenvalue weighted by Gasteiger charge is -2.21. The van der Waals surface area contributed by atoms with Crippen LogP contribution < -0.4 is 10.1 Å². The number of aliphatic carboxylic acids is 1. The number of rotatable bonds is 12. The Labute approximate surface area is 235 Å². The number of halogens is 1. The number of nitrogens with one attached hydrogen (secondary N) is 1. The molecular weight excluding hydrogens is 533 g/mol. The second kappa shape index (κ2) is 12.8. The Balaban J connectivity index is 1.70. The van der Waals surface area contributed by atoms with E-state index in [2.05, 4.69) is 29.9 Å². The fraction of sp³-hybridized carbons (Fsp3) is 0.483. The molecule has 0 saturated heterocycles. The summed E-state index contributed by atoms with van der Waals surface area (Å²) in [5.41, 5.74) is 1.36. The maximum absolute atomic E-state index is 15.1. The van der Waals surface area contributed by atoms with Crippen LogP contribution in [0.15, 0.2) is 36.7 Å². The molecule has 1 unspecified atom stereocenters. The van der Waals surface area contributed by atoms with Gasteiger partial charge in [0, 0.05) is 33.6 Å². The Morgan fingerprint density at radius 2 is 1.90 bits per heavy atom. The van der Waals surface area contributed by atoms with E-state index in [0.717, 1.165) is 17.0 Å². The third-order valence-electron chi connectivity index (χ3n) is 6.07. The summed E-state index contributed by atoms with van der Waals surface area (Å²) in [7, 11) is -1.19. The maximum Gasteiger partial charge on any atom is 0.407 e. The van der Waals surface area contributed by atoms with E-state index in [1.165, 1.54) is 12.1 Å². The molecule has 1 amide bonds. The number of alkyl carbamates (subject to hydrolysis) is 1. The summed E-state index contributed by atoms with van der Waals surface area (Å²) in [6, 6.07) is 7.09. The molecule has 0 aliphatic carbocycles. The van der Waals surface area contributed by atoms with E-state index in [1.807, 2.05) is 17.7 Å². The van der Waals surface area contributed by atoms with Crippen LogP contribution in [0.25, 0.3) is 11.0 Å². The van der Waals surface area contributed by atoms with Gasteiger partial charge in [0.25, 0.3) is 0 Å². The van der Waals surface area contributed by atoms with Crippen LogP contribution in [-0.2, 0) is 27.4 Å². The molecule has 0 aliphatic rings. The number of carboxylic acids is 1. The van der Waals surface area contributed by atoms with E-state index in [-0.39, 0.29) is 18.7 Å². The van der Waals surface area contributed by atoms with Crippen molar-refractivity contribution in [1.29, 1.82) is 0 Å². The van der Waals surface area contributed by atoms with Crippen LogP contribution >= 0.6 is 0 Å². The van der Waals surface area contributed by atoms with Gasteiger partial charge in [0.1, 0.15) is 23.7 Å². The molecule has 9 nitrogen and oxygen atoms in total. The first-order chi connectivity index (χ1) is 18.6. The number of nitrogens with zero attached hydrogens (tertiary/aromatic N) is 2. The van der Waals surface area contributed by atoms with Crippen molar-refractivity contribution in [2.24, 2.45) is 5.92 Å². The van der Waals surface area contributed by atoms with E-state index in [1.54, 1.807) is 39.1 Å². The van der Waals surface area contributed by atoms with Crippen LogP contribution in [0.1, 0.15) is 31.9 Å².